The molecule has 0 radical (unpaired) electrons. The first-order valence-electron chi connectivity index (χ1n) is 7.73. The third-order valence-corrected chi connectivity index (χ3v) is 4.11. The summed E-state index contributed by atoms with van der Waals surface area (Å²) in [7, 11) is 0. The first kappa shape index (κ1) is 19.5. The van der Waals surface area contributed by atoms with Gasteiger partial charge in [0, 0.05) is 14.5 Å². The third-order valence-electron chi connectivity index (χ3n) is 3.13. The number of nitrogens with one attached hydrogen (secondary N) is 1. The summed E-state index contributed by atoms with van der Waals surface area (Å²) in [6, 6.07) is 10.9. The van der Waals surface area contributed by atoms with E-state index in [4.69, 9.17) is 9.47 Å². The Bertz CT molecular complexity index is 779. The zero-order valence-corrected chi connectivity index (χ0v) is 17.1. The van der Waals surface area contributed by atoms with Crippen molar-refractivity contribution in [1.82, 2.24) is 5.43 Å². The van der Waals surface area contributed by atoms with Gasteiger partial charge in [-0.15, -0.1) is 0 Å². The maximum Gasteiger partial charge on any atom is 0.275 e. The quantitative estimate of drug-likeness (QED) is 0.469. The molecule has 0 aliphatic carbocycles. The smallest absolute Gasteiger partial charge is 0.275 e. The molecule has 0 aliphatic heterocycles. The Morgan fingerprint density at radius 1 is 1.04 bits per heavy atom. The van der Waals surface area contributed by atoms with E-state index in [1.165, 1.54) is 0 Å². The molecule has 1 amide bonds. The summed E-state index contributed by atoms with van der Waals surface area (Å²) < 4.78 is 12.7. The monoisotopic (exact) mass is 468 g/mol. The van der Waals surface area contributed by atoms with Crippen LogP contribution in [0.2, 0.25) is 0 Å². The Kier molecular flexibility index (Phi) is 7.46. The fourth-order valence-corrected chi connectivity index (χ4v) is 2.83. The molecule has 0 bridgehead atoms. The maximum absolute atomic E-state index is 12.4. The number of hydrazone groups is 1. The molecule has 0 saturated carbocycles. The Morgan fingerprint density at radius 2 is 1.64 bits per heavy atom. The fourth-order valence-electron chi connectivity index (χ4n) is 2.09. The molecule has 0 saturated heterocycles. The minimum absolute atomic E-state index is 0.353. The van der Waals surface area contributed by atoms with Gasteiger partial charge in [0.25, 0.3) is 5.91 Å². The van der Waals surface area contributed by atoms with E-state index in [9.17, 15) is 4.79 Å². The summed E-state index contributed by atoms with van der Waals surface area (Å²) in [4.78, 5) is 12.4. The molecule has 0 atom stereocenters. The van der Waals surface area contributed by atoms with Crippen molar-refractivity contribution in [2.45, 2.75) is 13.8 Å². The normalized spacial score (nSPS) is 10.7. The standard InChI is InChI=1S/C18H18Br2N2O3/c1-3-24-16-7-5-13(19)9-12(16)11-21-22-18(23)15-10-14(20)6-8-17(15)25-4-2/h5-11H,3-4H2,1-2H3,(H,22,23)/b21-11+. The van der Waals surface area contributed by atoms with E-state index in [0.29, 0.717) is 30.3 Å². The zero-order chi connectivity index (χ0) is 18.2. The molecule has 2 rings (SSSR count). The predicted octanol–water partition coefficient (Wildman–Crippen LogP) is 4.77. The molecular weight excluding hydrogens is 452 g/mol. The van der Waals surface area contributed by atoms with Crippen LogP contribution in [0, 0.1) is 0 Å². The average Bonchev–Trinajstić information content (AvgIpc) is 2.59. The van der Waals surface area contributed by atoms with Gasteiger partial charge < -0.3 is 9.47 Å². The SMILES string of the molecule is CCOc1ccc(Br)cc1/C=N/NC(=O)c1cc(Br)ccc1OCC. The lowest BCUT2D eigenvalue weighted by Crippen LogP contribution is -2.19. The van der Waals surface area contributed by atoms with Gasteiger partial charge in [-0.05, 0) is 50.2 Å². The highest BCUT2D eigenvalue weighted by Gasteiger charge is 2.12. The lowest BCUT2D eigenvalue weighted by molar-refractivity contribution is 0.0951. The van der Waals surface area contributed by atoms with Crippen LogP contribution in [-0.2, 0) is 0 Å². The Labute approximate surface area is 163 Å². The van der Waals surface area contributed by atoms with Crippen LogP contribution >= 0.6 is 31.9 Å². The molecule has 0 aliphatic rings. The van der Waals surface area contributed by atoms with E-state index in [1.807, 2.05) is 38.1 Å². The van der Waals surface area contributed by atoms with Crippen molar-refractivity contribution in [3.05, 3.63) is 56.5 Å². The van der Waals surface area contributed by atoms with Crippen molar-refractivity contribution >= 4 is 44.0 Å². The van der Waals surface area contributed by atoms with Crippen LogP contribution in [0.25, 0.3) is 0 Å². The van der Waals surface area contributed by atoms with Crippen LogP contribution in [0.1, 0.15) is 29.8 Å². The van der Waals surface area contributed by atoms with Gasteiger partial charge in [-0.3, -0.25) is 4.79 Å². The largest absolute Gasteiger partial charge is 0.493 e. The highest BCUT2D eigenvalue weighted by Crippen LogP contribution is 2.24. The van der Waals surface area contributed by atoms with E-state index < -0.39 is 0 Å². The van der Waals surface area contributed by atoms with E-state index in [-0.39, 0.29) is 5.91 Å². The highest BCUT2D eigenvalue weighted by atomic mass is 79.9. The highest BCUT2D eigenvalue weighted by molar-refractivity contribution is 9.10. The van der Waals surface area contributed by atoms with E-state index >= 15 is 0 Å². The van der Waals surface area contributed by atoms with Crippen LogP contribution in [0.15, 0.2) is 50.4 Å². The molecule has 0 heterocycles. The Morgan fingerprint density at radius 3 is 2.32 bits per heavy atom. The summed E-state index contributed by atoms with van der Waals surface area (Å²) in [5.74, 6) is 0.853. The van der Waals surface area contributed by atoms with E-state index in [0.717, 1.165) is 14.5 Å². The molecule has 0 fully saturated rings. The van der Waals surface area contributed by atoms with E-state index in [1.54, 1.807) is 18.3 Å². The molecule has 0 aromatic heterocycles. The molecule has 0 unspecified atom stereocenters. The summed E-state index contributed by atoms with van der Waals surface area (Å²) >= 11 is 6.77. The van der Waals surface area contributed by atoms with Gasteiger partial charge in [-0.2, -0.15) is 5.10 Å². The number of carbonyl (C=O) groups is 1. The second-order valence-electron chi connectivity index (χ2n) is 4.89. The summed E-state index contributed by atoms with van der Waals surface area (Å²) in [5.41, 5.74) is 3.69. The van der Waals surface area contributed by atoms with Crippen molar-refractivity contribution in [1.29, 1.82) is 0 Å². The second kappa shape index (κ2) is 9.58. The number of hydrogen-bond acceptors (Lipinski definition) is 4. The van der Waals surface area contributed by atoms with Crippen molar-refractivity contribution in [3.8, 4) is 11.5 Å². The number of amides is 1. The van der Waals surface area contributed by atoms with Crippen LogP contribution in [-0.4, -0.2) is 25.3 Å². The van der Waals surface area contributed by atoms with Gasteiger partial charge in [0.05, 0.1) is 25.0 Å². The number of benzene rings is 2. The molecule has 0 spiro atoms. The molecule has 2 aromatic rings. The molecule has 25 heavy (non-hydrogen) atoms. The molecule has 5 nitrogen and oxygen atoms in total. The van der Waals surface area contributed by atoms with Gasteiger partial charge in [0.1, 0.15) is 11.5 Å². The molecule has 132 valence electrons. The Hall–Kier alpha value is -1.86. The third kappa shape index (κ3) is 5.57. The van der Waals surface area contributed by atoms with Gasteiger partial charge in [-0.1, -0.05) is 31.9 Å². The fraction of sp³-hybridized carbons (Fsp3) is 0.222. The molecule has 2 aromatic carbocycles. The predicted molar refractivity (Wildman–Crippen MR) is 106 cm³/mol. The van der Waals surface area contributed by atoms with Crippen LogP contribution < -0.4 is 14.9 Å². The zero-order valence-electron chi connectivity index (χ0n) is 13.9. The topological polar surface area (TPSA) is 59.9 Å². The van der Waals surface area contributed by atoms with Crippen molar-refractivity contribution < 1.29 is 14.3 Å². The van der Waals surface area contributed by atoms with Crippen LogP contribution in [0.5, 0.6) is 11.5 Å². The molecule has 1 N–H and O–H groups in total. The van der Waals surface area contributed by atoms with E-state index in [2.05, 4.69) is 42.4 Å². The lowest BCUT2D eigenvalue weighted by atomic mass is 10.2. The van der Waals surface area contributed by atoms with Crippen molar-refractivity contribution in [2.24, 2.45) is 5.10 Å². The summed E-state index contributed by atoms with van der Waals surface area (Å²) in [6.45, 7) is 4.79. The first-order valence-corrected chi connectivity index (χ1v) is 9.31. The number of ether oxygens (including phenoxy) is 2. The second-order valence-corrected chi connectivity index (χ2v) is 6.72. The number of hydrogen-bond donors (Lipinski definition) is 1. The number of carbonyl (C=O) groups excluding carboxylic acids is 1. The first-order chi connectivity index (χ1) is 12.0. The van der Waals surface area contributed by atoms with Gasteiger partial charge in [0.15, 0.2) is 0 Å². The van der Waals surface area contributed by atoms with Crippen LogP contribution in [0.4, 0.5) is 0 Å². The summed E-state index contributed by atoms with van der Waals surface area (Å²) in [6.07, 6.45) is 1.55. The molecular formula is C18H18Br2N2O3. The van der Waals surface area contributed by atoms with Crippen molar-refractivity contribution in [2.75, 3.05) is 13.2 Å². The Balaban J connectivity index is 2.16. The van der Waals surface area contributed by atoms with Gasteiger partial charge >= 0.3 is 0 Å². The minimum atomic E-state index is -0.353. The lowest BCUT2D eigenvalue weighted by Gasteiger charge is -2.09. The van der Waals surface area contributed by atoms with Gasteiger partial charge in [0.2, 0.25) is 0 Å². The average molecular weight is 470 g/mol. The maximum atomic E-state index is 12.4. The van der Waals surface area contributed by atoms with Gasteiger partial charge in [-0.25, -0.2) is 5.43 Å². The van der Waals surface area contributed by atoms with Crippen molar-refractivity contribution in [3.63, 3.8) is 0 Å². The minimum Gasteiger partial charge on any atom is -0.493 e. The number of nitrogens with zero attached hydrogens (tertiary/aromatic N) is 1. The van der Waals surface area contributed by atoms with Crippen LogP contribution in [0.3, 0.4) is 0 Å². The summed E-state index contributed by atoms with van der Waals surface area (Å²) in [5, 5.41) is 4.04. The number of halogens is 2. The number of rotatable bonds is 7. The molecule has 7 heteroatoms.